The van der Waals surface area contributed by atoms with Gasteiger partial charge in [0.05, 0.1) is 28.4 Å². The molecule has 1 fully saturated rings. The Hall–Kier alpha value is -4.95. The van der Waals surface area contributed by atoms with Gasteiger partial charge in [0, 0.05) is 5.56 Å². The summed E-state index contributed by atoms with van der Waals surface area (Å²) in [6, 6.07) is 27.1. The summed E-state index contributed by atoms with van der Waals surface area (Å²) >= 11 is 1.35. The molecule has 4 aromatic carbocycles. The molecule has 0 saturated carbocycles. The summed E-state index contributed by atoms with van der Waals surface area (Å²) in [5, 5.41) is 11.9. The molecule has 1 aliphatic heterocycles. The third-order valence-corrected chi connectivity index (χ3v) is 8.35. The molecule has 7 nitrogen and oxygen atoms in total. The molecule has 0 radical (unpaired) electrons. The number of rotatable bonds is 8. The first-order valence-electron chi connectivity index (χ1n) is 14.0. The highest BCUT2D eigenvalue weighted by Gasteiger charge is 2.48. The number of ketones is 1. The van der Waals surface area contributed by atoms with Gasteiger partial charge >= 0.3 is 5.91 Å². The number of aliphatic hydroxyl groups is 1. The number of hydrogen-bond donors (Lipinski definition) is 1. The Morgan fingerprint density at radius 3 is 2.28 bits per heavy atom. The topological polar surface area (TPSA) is 89.0 Å². The van der Waals surface area contributed by atoms with Crippen LogP contribution >= 0.6 is 11.3 Å². The highest BCUT2D eigenvalue weighted by atomic mass is 32.1. The standard InChI is InChI=1S/C35H30N2O5S/c1-4-41-26-16-12-25(13-17-26)32(38)29-31(24-10-14-27(15-11-24)42-20-23-8-6-5-7-9-23)37(34(40)33(29)39)35-36-30-22(3)18-21(2)19-28(30)43-35/h5-19,31,38H,4,20H2,1-3H3. The van der Waals surface area contributed by atoms with Crippen molar-refractivity contribution in [1.29, 1.82) is 0 Å². The van der Waals surface area contributed by atoms with E-state index in [1.807, 2.05) is 75.4 Å². The number of nitrogens with zero attached hydrogens (tertiary/aromatic N) is 2. The van der Waals surface area contributed by atoms with Crippen LogP contribution in [0.15, 0.2) is 96.6 Å². The van der Waals surface area contributed by atoms with E-state index in [0.29, 0.717) is 41.0 Å². The highest BCUT2D eigenvalue weighted by molar-refractivity contribution is 7.22. The molecule has 8 heteroatoms. The normalized spacial score (nSPS) is 16.2. The molecule has 0 aliphatic carbocycles. The van der Waals surface area contributed by atoms with E-state index in [2.05, 4.69) is 0 Å². The number of aliphatic hydroxyl groups excluding tert-OH is 1. The largest absolute Gasteiger partial charge is 0.507 e. The van der Waals surface area contributed by atoms with E-state index in [9.17, 15) is 14.7 Å². The lowest BCUT2D eigenvalue weighted by Crippen LogP contribution is -2.29. The van der Waals surface area contributed by atoms with Gasteiger partial charge in [0.2, 0.25) is 0 Å². The minimum absolute atomic E-state index is 0.000674. The van der Waals surface area contributed by atoms with Crippen LogP contribution < -0.4 is 14.4 Å². The maximum atomic E-state index is 13.7. The smallest absolute Gasteiger partial charge is 0.301 e. The lowest BCUT2D eigenvalue weighted by atomic mass is 9.95. The third kappa shape index (κ3) is 5.49. The second-order valence-corrected chi connectivity index (χ2v) is 11.4. The first-order valence-corrected chi connectivity index (χ1v) is 14.8. The maximum Gasteiger partial charge on any atom is 0.301 e. The summed E-state index contributed by atoms with van der Waals surface area (Å²) in [5.74, 6) is -0.487. The van der Waals surface area contributed by atoms with Crippen molar-refractivity contribution < 1.29 is 24.2 Å². The monoisotopic (exact) mass is 590 g/mol. The van der Waals surface area contributed by atoms with Gasteiger partial charge in [-0.15, -0.1) is 0 Å². The Bertz CT molecular complexity index is 1840. The van der Waals surface area contributed by atoms with E-state index >= 15 is 0 Å². The first-order chi connectivity index (χ1) is 20.8. The number of anilines is 1. The van der Waals surface area contributed by atoms with Gasteiger partial charge in [-0.1, -0.05) is 59.9 Å². The number of carbonyl (C=O) groups is 2. The molecule has 1 amide bonds. The van der Waals surface area contributed by atoms with E-state index < -0.39 is 17.7 Å². The van der Waals surface area contributed by atoms with Crippen LogP contribution in [-0.4, -0.2) is 28.4 Å². The van der Waals surface area contributed by atoms with Crippen molar-refractivity contribution in [3.63, 3.8) is 0 Å². The van der Waals surface area contributed by atoms with Crippen LogP contribution in [0, 0.1) is 13.8 Å². The molecule has 1 N–H and O–H groups in total. The second-order valence-electron chi connectivity index (χ2n) is 10.4. The van der Waals surface area contributed by atoms with E-state index in [-0.39, 0.29) is 11.3 Å². The van der Waals surface area contributed by atoms with Gasteiger partial charge in [0.15, 0.2) is 5.13 Å². The minimum Gasteiger partial charge on any atom is -0.507 e. The Labute approximate surface area is 253 Å². The number of benzene rings is 4. The quantitative estimate of drug-likeness (QED) is 0.114. The second kappa shape index (κ2) is 11.7. The average molecular weight is 591 g/mol. The van der Waals surface area contributed by atoms with Crippen LogP contribution in [0.5, 0.6) is 11.5 Å². The number of amides is 1. The predicted octanol–water partition coefficient (Wildman–Crippen LogP) is 7.52. The number of thiazole rings is 1. The van der Waals surface area contributed by atoms with Gasteiger partial charge in [-0.25, -0.2) is 4.98 Å². The Kier molecular flexibility index (Phi) is 7.69. The molecular formula is C35H30N2O5S. The maximum absolute atomic E-state index is 13.7. The lowest BCUT2D eigenvalue weighted by molar-refractivity contribution is -0.132. The minimum atomic E-state index is -0.892. The van der Waals surface area contributed by atoms with Crippen LogP contribution in [0.2, 0.25) is 0 Å². The molecule has 216 valence electrons. The molecule has 1 aromatic heterocycles. The van der Waals surface area contributed by atoms with Crippen LogP contribution in [0.1, 0.15) is 40.8 Å². The number of hydrogen-bond acceptors (Lipinski definition) is 7. The molecule has 5 aromatic rings. The summed E-state index contributed by atoms with van der Waals surface area (Å²) in [6.45, 7) is 6.78. The predicted molar refractivity (Wildman–Crippen MR) is 169 cm³/mol. The molecule has 1 aliphatic rings. The molecule has 43 heavy (non-hydrogen) atoms. The van der Waals surface area contributed by atoms with Gasteiger partial charge in [-0.2, -0.15) is 0 Å². The fourth-order valence-corrected chi connectivity index (χ4v) is 6.49. The Morgan fingerprint density at radius 2 is 1.58 bits per heavy atom. The van der Waals surface area contributed by atoms with Crippen LogP contribution in [0.3, 0.4) is 0 Å². The summed E-state index contributed by atoms with van der Waals surface area (Å²) in [5.41, 5.74) is 4.94. The summed E-state index contributed by atoms with van der Waals surface area (Å²) in [7, 11) is 0. The zero-order chi connectivity index (χ0) is 30.1. The van der Waals surface area contributed by atoms with Crippen molar-refractivity contribution in [2.45, 2.75) is 33.4 Å². The van der Waals surface area contributed by atoms with Gasteiger partial charge < -0.3 is 14.6 Å². The zero-order valence-corrected chi connectivity index (χ0v) is 24.9. The summed E-state index contributed by atoms with van der Waals surface area (Å²) in [6.07, 6.45) is 0. The molecule has 1 atom stereocenters. The van der Waals surface area contributed by atoms with Crippen molar-refractivity contribution >= 4 is 44.1 Å². The number of aromatic nitrogens is 1. The third-order valence-electron chi connectivity index (χ3n) is 7.35. The van der Waals surface area contributed by atoms with E-state index in [0.717, 1.165) is 26.9 Å². The summed E-state index contributed by atoms with van der Waals surface area (Å²) < 4.78 is 12.4. The SMILES string of the molecule is CCOc1ccc(C(O)=C2C(=O)C(=O)N(c3nc4c(C)cc(C)cc4s3)C2c2ccc(OCc3ccccc3)cc2)cc1. The van der Waals surface area contributed by atoms with Gasteiger partial charge in [0.25, 0.3) is 5.78 Å². The fourth-order valence-electron chi connectivity index (χ4n) is 5.33. The average Bonchev–Trinajstić information content (AvgIpc) is 3.55. The Balaban J connectivity index is 1.43. The van der Waals surface area contributed by atoms with E-state index in [4.69, 9.17) is 14.5 Å². The van der Waals surface area contributed by atoms with Crippen molar-refractivity contribution in [2.24, 2.45) is 0 Å². The van der Waals surface area contributed by atoms with Crippen LogP contribution in [0.4, 0.5) is 5.13 Å². The number of fused-ring (bicyclic) bond motifs is 1. The molecular weight excluding hydrogens is 560 g/mol. The van der Waals surface area contributed by atoms with Crippen LogP contribution in [-0.2, 0) is 16.2 Å². The molecule has 1 unspecified atom stereocenters. The van der Waals surface area contributed by atoms with Gasteiger partial charge in [0.1, 0.15) is 23.9 Å². The number of Topliss-reactive ketones (excluding diaryl/α,β-unsaturated/α-hetero) is 1. The lowest BCUT2D eigenvalue weighted by Gasteiger charge is -2.23. The zero-order valence-electron chi connectivity index (χ0n) is 24.0. The van der Waals surface area contributed by atoms with E-state index in [1.54, 1.807) is 36.4 Å². The molecule has 2 heterocycles. The van der Waals surface area contributed by atoms with Crippen molar-refractivity contribution in [1.82, 2.24) is 4.98 Å². The van der Waals surface area contributed by atoms with Gasteiger partial charge in [-0.3, -0.25) is 14.5 Å². The number of aryl methyl sites for hydroxylation is 2. The molecule has 0 bridgehead atoms. The first kappa shape index (κ1) is 28.2. The Morgan fingerprint density at radius 1 is 0.907 bits per heavy atom. The van der Waals surface area contributed by atoms with Crippen molar-refractivity contribution in [3.05, 3.63) is 124 Å². The highest BCUT2D eigenvalue weighted by Crippen LogP contribution is 2.45. The number of carbonyl (C=O) groups excluding carboxylic acids is 2. The van der Waals surface area contributed by atoms with Crippen molar-refractivity contribution in [2.75, 3.05) is 11.5 Å². The van der Waals surface area contributed by atoms with E-state index in [1.165, 1.54) is 16.2 Å². The molecule has 1 saturated heterocycles. The summed E-state index contributed by atoms with van der Waals surface area (Å²) in [4.78, 5) is 33.5. The number of ether oxygens (including phenoxy) is 2. The fraction of sp³-hybridized carbons (Fsp3) is 0.171. The molecule has 6 rings (SSSR count). The van der Waals surface area contributed by atoms with Gasteiger partial charge in [-0.05, 0) is 85.5 Å². The molecule has 0 spiro atoms. The van der Waals surface area contributed by atoms with Crippen molar-refractivity contribution in [3.8, 4) is 11.5 Å². The van der Waals surface area contributed by atoms with Crippen LogP contribution in [0.25, 0.3) is 16.0 Å².